The summed E-state index contributed by atoms with van der Waals surface area (Å²) in [5.41, 5.74) is 1.02. The van der Waals surface area contributed by atoms with E-state index < -0.39 is 22.0 Å². The molecular weight excluding hydrogens is 502 g/mol. The zero-order valence-corrected chi connectivity index (χ0v) is 23.1. The molecule has 2 heterocycles. The predicted molar refractivity (Wildman–Crippen MR) is 137 cm³/mol. The standard InChI is InChI=1S/C26H38F2N4O4S/c1-17(2)29-23(33)22-16-31(12-13-36-22)37(34,35)19-6-7-21-20(14-19)30-24(25(3,4)5)32(21)15-18-8-10-26(27,28)11-9-18/h6-7,14,17-18,22H,8-13,15-16H2,1-5H3,(H,29,33)/t22-/m0/s1. The van der Waals surface area contributed by atoms with Crippen LogP contribution in [0.2, 0.25) is 0 Å². The van der Waals surface area contributed by atoms with Gasteiger partial charge in [0.15, 0.2) is 0 Å². The van der Waals surface area contributed by atoms with Crippen molar-refractivity contribution >= 4 is 27.0 Å². The Kier molecular flexibility index (Phi) is 7.71. The fourth-order valence-electron chi connectivity index (χ4n) is 5.10. The maximum absolute atomic E-state index is 13.7. The Balaban J connectivity index is 1.62. The first-order valence-electron chi connectivity index (χ1n) is 13.0. The molecule has 4 rings (SSSR count). The van der Waals surface area contributed by atoms with E-state index in [1.165, 1.54) is 4.31 Å². The van der Waals surface area contributed by atoms with Crippen molar-refractivity contribution < 1.29 is 26.7 Å². The topological polar surface area (TPSA) is 93.5 Å². The molecular formula is C26H38F2N4O4S. The van der Waals surface area contributed by atoms with E-state index in [2.05, 4.69) is 9.88 Å². The maximum atomic E-state index is 13.7. The van der Waals surface area contributed by atoms with Crippen LogP contribution in [0.5, 0.6) is 0 Å². The number of nitrogens with zero attached hydrogens (tertiary/aromatic N) is 3. The van der Waals surface area contributed by atoms with Crippen LogP contribution in [0.4, 0.5) is 8.78 Å². The molecule has 1 atom stereocenters. The Morgan fingerprint density at radius 3 is 2.54 bits per heavy atom. The highest BCUT2D eigenvalue weighted by Crippen LogP contribution is 2.38. The highest BCUT2D eigenvalue weighted by atomic mass is 32.2. The van der Waals surface area contributed by atoms with Crippen LogP contribution in [0, 0.1) is 5.92 Å². The average molecular weight is 541 g/mol. The largest absolute Gasteiger partial charge is 0.366 e. The molecule has 1 N–H and O–H groups in total. The summed E-state index contributed by atoms with van der Waals surface area (Å²) in [5, 5.41) is 2.77. The van der Waals surface area contributed by atoms with Gasteiger partial charge in [0.1, 0.15) is 11.9 Å². The summed E-state index contributed by atoms with van der Waals surface area (Å²) in [7, 11) is -3.89. The number of aromatic nitrogens is 2. The Morgan fingerprint density at radius 1 is 1.24 bits per heavy atom. The molecule has 2 aromatic rings. The van der Waals surface area contributed by atoms with Crippen molar-refractivity contribution in [3.8, 4) is 0 Å². The second kappa shape index (κ2) is 10.2. The molecule has 37 heavy (non-hydrogen) atoms. The molecule has 1 saturated heterocycles. The van der Waals surface area contributed by atoms with Gasteiger partial charge < -0.3 is 14.6 Å². The van der Waals surface area contributed by atoms with Crippen molar-refractivity contribution in [2.24, 2.45) is 5.92 Å². The van der Waals surface area contributed by atoms with E-state index >= 15 is 0 Å². The Hall–Kier alpha value is -2.11. The lowest BCUT2D eigenvalue weighted by atomic mass is 9.86. The van der Waals surface area contributed by atoms with Gasteiger partial charge in [0.25, 0.3) is 5.91 Å². The molecule has 1 aromatic carbocycles. The first-order chi connectivity index (χ1) is 17.2. The number of amides is 1. The number of imidazole rings is 1. The van der Waals surface area contributed by atoms with Gasteiger partial charge in [-0.25, -0.2) is 22.2 Å². The molecule has 2 fully saturated rings. The minimum Gasteiger partial charge on any atom is -0.366 e. The minimum absolute atomic E-state index is 0.0626. The second-order valence-electron chi connectivity index (χ2n) is 11.6. The number of alkyl halides is 2. The summed E-state index contributed by atoms with van der Waals surface area (Å²) in [5.74, 6) is -2.01. The van der Waals surface area contributed by atoms with Crippen LogP contribution < -0.4 is 5.32 Å². The first kappa shape index (κ1) is 27.9. The molecule has 8 nitrogen and oxygen atoms in total. The molecule has 0 unspecified atom stereocenters. The monoisotopic (exact) mass is 540 g/mol. The van der Waals surface area contributed by atoms with Crippen molar-refractivity contribution in [3.05, 3.63) is 24.0 Å². The second-order valence-corrected chi connectivity index (χ2v) is 13.6. The first-order valence-corrected chi connectivity index (χ1v) is 14.4. The summed E-state index contributed by atoms with van der Waals surface area (Å²) in [6.45, 7) is 10.6. The Labute approximate surface area is 217 Å². The van der Waals surface area contributed by atoms with Crippen molar-refractivity contribution in [3.63, 3.8) is 0 Å². The van der Waals surface area contributed by atoms with Gasteiger partial charge in [-0.15, -0.1) is 0 Å². The predicted octanol–water partition coefficient (Wildman–Crippen LogP) is 4.07. The summed E-state index contributed by atoms with van der Waals surface area (Å²) in [4.78, 5) is 17.3. The maximum Gasteiger partial charge on any atom is 0.250 e. The van der Waals surface area contributed by atoms with Crippen LogP contribution in [0.3, 0.4) is 0 Å². The number of ether oxygens (including phenoxy) is 1. The van der Waals surface area contributed by atoms with Gasteiger partial charge >= 0.3 is 0 Å². The molecule has 206 valence electrons. The number of benzene rings is 1. The Bertz CT molecular complexity index is 1240. The summed E-state index contributed by atoms with van der Waals surface area (Å²) in [6, 6.07) is 4.81. The molecule has 11 heteroatoms. The number of carbonyl (C=O) groups excluding carboxylic acids is 1. The normalized spacial score (nSPS) is 22.0. The fourth-order valence-corrected chi connectivity index (χ4v) is 6.54. The van der Waals surface area contributed by atoms with E-state index in [0.29, 0.717) is 24.9 Å². The molecule has 1 aliphatic heterocycles. The molecule has 2 aliphatic rings. The third-order valence-corrected chi connectivity index (χ3v) is 8.92. The van der Waals surface area contributed by atoms with Crippen LogP contribution in [0.25, 0.3) is 11.0 Å². The molecule has 0 spiro atoms. The number of nitrogens with one attached hydrogen (secondary N) is 1. The quantitative estimate of drug-likeness (QED) is 0.596. The van der Waals surface area contributed by atoms with Crippen molar-refractivity contribution in [2.75, 3.05) is 19.7 Å². The molecule has 1 aromatic heterocycles. The number of halogens is 2. The zero-order valence-electron chi connectivity index (χ0n) is 22.3. The van der Waals surface area contributed by atoms with Crippen LogP contribution in [-0.4, -0.2) is 65.9 Å². The fraction of sp³-hybridized carbons (Fsp3) is 0.692. The molecule has 0 radical (unpaired) electrons. The smallest absolute Gasteiger partial charge is 0.250 e. The third kappa shape index (κ3) is 6.15. The van der Waals surface area contributed by atoms with Gasteiger partial charge in [0.2, 0.25) is 15.9 Å². The summed E-state index contributed by atoms with van der Waals surface area (Å²) in [6.07, 6.45) is -0.179. The van der Waals surface area contributed by atoms with E-state index in [0.717, 1.165) is 11.3 Å². The number of morpholine rings is 1. The molecule has 1 saturated carbocycles. The van der Waals surface area contributed by atoms with Gasteiger partial charge in [0.05, 0.1) is 22.5 Å². The van der Waals surface area contributed by atoms with E-state index in [4.69, 9.17) is 9.72 Å². The summed E-state index contributed by atoms with van der Waals surface area (Å²) >= 11 is 0. The van der Waals surface area contributed by atoms with E-state index in [1.54, 1.807) is 18.2 Å². The third-order valence-electron chi connectivity index (χ3n) is 7.06. The van der Waals surface area contributed by atoms with E-state index in [-0.39, 0.29) is 60.7 Å². The highest BCUT2D eigenvalue weighted by molar-refractivity contribution is 7.89. The van der Waals surface area contributed by atoms with Crippen molar-refractivity contribution in [2.45, 2.75) is 95.2 Å². The number of carbonyl (C=O) groups is 1. The summed E-state index contributed by atoms with van der Waals surface area (Å²) < 4.78 is 63.3. The lowest BCUT2D eigenvalue weighted by Crippen LogP contribution is -2.52. The number of fused-ring (bicyclic) bond motifs is 1. The zero-order chi connectivity index (χ0) is 27.2. The SMILES string of the molecule is CC(C)NC(=O)[C@@H]1CN(S(=O)(=O)c2ccc3c(c2)nc(C(C)(C)C)n3CC2CCC(F)(F)CC2)CCO1. The van der Waals surface area contributed by atoms with Gasteiger partial charge in [-0.05, 0) is 50.8 Å². The van der Waals surface area contributed by atoms with Crippen LogP contribution in [-0.2, 0) is 31.5 Å². The number of sulfonamides is 1. The van der Waals surface area contributed by atoms with Crippen LogP contribution in [0.15, 0.2) is 23.1 Å². The number of rotatable bonds is 6. The van der Waals surface area contributed by atoms with Crippen molar-refractivity contribution in [1.29, 1.82) is 0 Å². The molecule has 1 amide bonds. The molecule has 0 bridgehead atoms. The number of hydrogen-bond donors (Lipinski definition) is 1. The number of hydrogen-bond acceptors (Lipinski definition) is 5. The minimum atomic E-state index is -3.89. The highest BCUT2D eigenvalue weighted by Gasteiger charge is 2.37. The Morgan fingerprint density at radius 2 is 1.92 bits per heavy atom. The lowest BCUT2D eigenvalue weighted by molar-refractivity contribution is -0.136. The van der Waals surface area contributed by atoms with Crippen molar-refractivity contribution in [1.82, 2.24) is 19.2 Å². The van der Waals surface area contributed by atoms with Gasteiger partial charge in [0, 0.05) is 43.9 Å². The lowest BCUT2D eigenvalue weighted by Gasteiger charge is -2.31. The van der Waals surface area contributed by atoms with Crippen LogP contribution >= 0.6 is 0 Å². The molecule has 1 aliphatic carbocycles. The van der Waals surface area contributed by atoms with Gasteiger partial charge in [-0.3, -0.25) is 4.79 Å². The van der Waals surface area contributed by atoms with Gasteiger partial charge in [-0.2, -0.15) is 4.31 Å². The average Bonchev–Trinajstić information content (AvgIpc) is 3.18. The van der Waals surface area contributed by atoms with E-state index in [9.17, 15) is 22.0 Å². The van der Waals surface area contributed by atoms with Crippen LogP contribution in [0.1, 0.15) is 66.1 Å². The van der Waals surface area contributed by atoms with E-state index in [1.807, 2.05) is 34.6 Å². The van der Waals surface area contributed by atoms with Gasteiger partial charge in [-0.1, -0.05) is 20.8 Å².